The maximum absolute atomic E-state index is 12.7. The number of halogens is 1. The summed E-state index contributed by atoms with van der Waals surface area (Å²) in [5.41, 5.74) is 2.10. The van der Waals surface area contributed by atoms with Gasteiger partial charge in [0.2, 0.25) is 0 Å². The number of carbonyl (C=O) groups excluding carboxylic acids is 2. The molecule has 2 nitrogen and oxygen atoms in total. The number of alkyl halides is 1. The van der Waals surface area contributed by atoms with Gasteiger partial charge in [0, 0.05) is 38.2 Å². The average Bonchev–Trinajstić information content (AvgIpc) is 2.50. The van der Waals surface area contributed by atoms with Crippen LogP contribution in [0.5, 0.6) is 0 Å². The molecule has 2 aromatic rings. The van der Waals surface area contributed by atoms with Gasteiger partial charge in [0.25, 0.3) is 0 Å². The Hall–Kier alpha value is -1.39. The molecule has 100 valence electrons. The van der Waals surface area contributed by atoms with Crippen LogP contribution < -0.4 is 0 Å². The van der Waals surface area contributed by atoms with E-state index in [1.165, 1.54) is 0 Å². The van der Waals surface area contributed by atoms with Crippen LogP contribution in [0.25, 0.3) is 0 Å². The molecule has 0 spiro atoms. The minimum atomic E-state index is -0.0588. The third-order valence-corrected chi connectivity index (χ3v) is 5.23. The molecule has 0 saturated heterocycles. The van der Waals surface area contributed by atoms with Crippen LogP contribution in [0, 0.1) is 0 Å². The van der Waals surface area contributed by atoms with Crippen LogP contribution in [0.2, 0.25) is 0 Å². The lowest BCUT2D eigenvalue weighted by Gasteiger charge is -2.19. The van der Waals surface area contributed by atoms with Crippen molar-refractivity contribution in [3.05, 3.63) is 64.7 Å². The van der Waals surface area contributed by atoms with E-state index in [1.807, 2.05) is 12.1 Å². The van der Waals surface area contributed by atoms with Crippen LogP contribution in [0.4, 0.5) is 0 Å². The molecule has 1 aliphatic rings. The minimum Gasteiger partial charge on any atom is -0.289 e. The van der Waals surface area contributed by atoms with Crippen molar-refractivity contribution in [2.45, 2.75) is 4.90 Å². The lowest BCUT2D eigenvalue weighted by Crippen LogP contribution is -2.21. The number of fused-ring (bicyclic) bond motifs is 2. The van der Waals surface area contributed by atoms with Crippen molar-refractivity contribution in [3.8, 4) is 0 Å². The van der Waals surface area contributed by atoms with E-state index in [2.05, 4.69) is 15.9 Å². The van der Waals surface area contributed by atoms with Gasteiger partial charge >= 0.3 is 0 Å². The number of rotatable bonds is 3. The lowest BCUT2D eigenvalue weighted by molar-refractivity contribution is 0.0977. The van der Waals surface area contributed by atoms with E-state index in [4.69, 9.17) is 0 Å². The Morgan fingerprint density at radius 3 is 2.20 bits per heavy atom. The van der Waals surface area contributed by atoms with Gasteiger partial charge in [-0.15, -0.1) is 11.8 Å². The zero-order valence-electron chi connectivity index (χ0n) is 10.6. The van der Waals surface area contributed by atoms with Gasteiger partial charge in [0.1, 0.15) is 0 Å². The molecule has 1 aliphatic carbocycles. The number of ketones is 2. The molecule has 0 N–H and O–H groups in total. The summed E-state index contributed by atoms with van der Waals surface area (Å²) in [6.07, 6.45) is 0. The Bertz CT molecular complexity index is 709. The van der Waals surface area contributed by atoms with Gasteiger partial charge in [-0.3, -0.25) is 9.59 Å². The van der Waals surface area contributed by atoms with Crippen molar-refractivity contribution in [3.63, 3.8) is 0 Å². The summed E-state index contributed by atoms with van der Waals surface area (Å²) in [5, 5.41) is 0.847. The van der Waals surface area contributed by atoms with E-state index in [0.717, 1.165) is 16.0 Å². The Morgan fingerprint density at radius 2 is 1.50 bits per heavy atom. The van der Waals surface area contributed by atoms with Crippen molar-refractivity contribution in [1.82, 2.24) is 0 Å². The zero-order valence-corrected chi connectivity index (χ0v) is 13.0. The highest BCUT2D eigenvalue weighted by Gasteiger charge is 2.31. The van der Waals surface area contributed by atoms with E-state index >= 15 is 0 Å². The Morgan fingerprint density at radius 1 is 0.850 bits per heavy atom. The molecule has 4 heteroatoms. The molecule has 0 atom stereocenters. The fourth-order valence-electron chi connectivity index (χ4n) is 2.38. The summed E-state index contributed by atoms with van der Waals surface area (Å²) in [5.74, 6) is 0.754. The van der Waals surface area contributed by atoms with Gasteiger partial charge in [0.05, 0.1) is 0 Å². The number of hydrogen-bond donors (Lipinski definition) is 0. The number of carbonyl (C=O) groups is 2. The number of thioether (sulfide) groups is 1. The second-order valence-corrected chi connectivity index (χ2v) is 6.35. The minimum absolute atomic E-state index is 0.0483. The highest BCUT2D eigenvalue weighted by atomic mass is 79.9. The van der Waals surface area contributed by atoms with Gasteiger partial charge < -0.3 is 0 Å². The predicted molar refractivity (Wildman–Crippen MR) is 84.3 cm³/mol. The highest BCUT2D eigenvalue weighted by Crippen LogP contribution is 2.33. The summed E-state index contributed by atoms with van der Waals surface area (Å²) >= 11 is 4.98. The van der Waals surface area contributed by atoms with Crippen molar-refractivity contribution < 1.29 is 9.59 Å². The highest BCUT2D eigenvalue weighted by molar-refractivity contribution is 9.09. The number of benzene rings is 2. The van der Waals surface area contributed by atoms with E-state index < -0.39 is 0 Å². The van der Waals surface area contributed by atoms with Crippen molar-refractivity contribution in [1.29, 1.82) is 0 Å². The molecule has 2 aromatic carbocycles. The second-order valence-electron chi connectivity index (χ2n) is 4.42. The maximum atomic E-state index is 12.7. The van der Waals surface area contributed by atoms with E-state index in [-0.39, 0.29) is 11.6 Å². The zero-order chi connectivity index (χ0) is 14.1. The molecule has 0 radical (unpaired) electrons. The Kier molecular flexibility index (Phi) is 3.76. The first kappa shape index (κ1) is 13.6. The molecule has 0 aliphatic heterocycles. The molecular formula is C16H11BrO2S. The van der Waals surface area contributed by atoms with Gasteiger partial charge in [-0.05, 0) is 6.07 Å². The van der Waals surface area contributed by atoms with E-state index in [1.54, 1.807) is 42.1 Å². The van der Waals surface area contributed by atoms with Crippen LogP contribution >= 0.6 is 27.7 Å². The first-order valence-electron chi connectivity index (χ1n) is 6.24. The summed E-state index contributed by atoms with van der Waals surface area (Å²) in [6.45, 7) is 0. The normalized spacial score (nSPS) is 13.1. The monoisotopic (exact) mass is 346 g/mol. The fourth-order valence-corrected chi connectivity index (χ4v) is 3.69. The third-order valence-electron chi connectivity index (χ3n) is 3.25. The van der Waals surface area contributed by atoms with Crippen LogP contribution in [0.1, 0.15) is 31.8 Å². The third kappa shape index (κ3) is 2.13. The molecule has 0 amide bonds. The predicted octanol–water partition coefficient (Wildman–Crippen LogP) is 3.95. The van der Waals surface area contributed by atoms with Gasteiger partial charge in [-0.1, -0.05) is 52.3 Å². The SMILES string of the molecule is O=C1c2ccccc2C(=O)c2c(SCCBr)cccc21. The van der Waals surface area contributed by atoms with Crippen LogP contribution in [0.3, 0.4) is 0 Å². The molecular weight excluding hydrogens is 336 g/mol. The van der Waals surface area contributed by atoms with Crippen LogP contribution in [-0.2, 0) is 0 Å². The van der Waals surface area contributed by atoms with Crippen molar-refractivity contribution in [2.24, 2.45) is 0 Å². The molecule has 0 aromatic heterocycles. The number of hydrogen-bond acceptors (Lipinski definition) is 3. The smallest absolute Gasteiger partial charge is 0.195 e. The Balaban J connectivity index is 2.18. The summed E-state index contributed by atoms with van der Waals surface area (Å²) in [6, 6.07) is 12.5. The Labute approximate surface area is 129 Å². The molecule has 0 fully saturated rings. The van der Waals surface area contributed by atoms with Gasteiger partial charge in [0.15, 0.2) is 11.6 Å². The molecule has 0 unspecified atom stereocenters. The first-order valence-corrected chi connectivity index (χ1v) is 8.35. The standard InChI is InChI=1S/C16H11BrO2S/c17-8-9-20-13-7-3-6-12-14(13)16(19)11-5-2-1-4-10(11)15(12)18/h1-7H,8-9H2. The summed E-state index contributed by atoms with van der Waals surface area (Å²) in [7, 11) is 0. The van der Waals surface area contributed by atoms with Crippen LogP contribution in [0.15, 0.2) is 47.4 Å². The molecule has 20 heavy (non-hydrogen) atoms. The summed E-state index contributed by atoms with van der Waals surface area (Å²) < 4.78 is 0. The summed E-state index contributed by atoms with van der Waals surface area (Å²) in [4.78, 5) is 26.1. The van der Waals surface area contributed by atoms with Gasteiger partial charge in [-0.25, -0.2) is 0 Å². The van der Waals surface area contributed by atoms with Gasteiger partial charge in [-0.2, -0.15) is 0 Å². The second kappa shape index (κ2) is 5.54. The molecule has 0 bridgehead atoms. The maximum Gasteiger partial charge on any atom is 0.195 e. The fraction of sp³-hybridized carbons (Fsp3) is 0.125. The molecule has 0 heterocycles. The quantitative estimate of drug-likeness (QED) is 0.531. The van der Waals surface area contributed by atoms with E-state index in [0.29, 0.717) is 22.3 Å². The van der Waals surface area contributed by atoms with Crippen molar-refractivity contribution in [2.75, 3.05) is 11.1 Å². The molecule has 0 saturated carbocycles. The average molecular weight is 347 g/mol. The largest absolute Gasteiger partial charge is 0.289 e. The van der Waals surface area contributed by atoms with Crippen LogP contribution in [-0.4, -0.2) is 22.6 Å². The lowest BCUT2D eigenvalue weighted by atomic mass is 9.84. The van der Waals surface area contributed by atoms with E-state index in [9.17, 15) is 9.59 Å². The first-order chi connectivity index (χ1) is 9.74. The topological polar surface area (TPSA) is 34.1 Å². The molecule has 3 rings (SSSR count). The van der Waals surface area contributed by atoms with Crippen molar-refractivity contribution >= 4 is 39.3 Å².